The summed E-state index contributed by atoms with van der Waals surface area (Å²) in [4.78, 5) is 14.6. The molecule has 2 aromatic carbocycles. The number of hydrogen-bond acceptors (Lipinski definition) is 7. The largest absolute Gasteiger partial charge is 0.495 e. The van der Waals surface area contributed by atoms with Gasteiger partial charge >= 0.3 is 5.91 Å². The Kier molecular flexibility index (Phi) is 5.51. The average Bonchev–Trinajstić information content (AvgIpc) is 3.35. The molecule has 1 N–H and O–H groups in total. The molecule has 9 nitrogen and oxygen atoms in total. The van der Waals surface area contributed by atoms with Crippen molar-refractivity contribution in [1.29, 1.82) is 0 Å². The van der Waals surface area contributed by atoms with Crippen molar-refractivity contribution in [2.45, 2.75) is 18.2 Å². The van der Waals surface area contributed by atoms with Gasteiger partial charge < -0.3 is 14.1 Å². The Morgan fingerprint density at radius 2 is 1.97 bits per heavy atom. The number of hydrogen-bond donors (Lipinski definition) is 1. The fraction of sp³-hybridized carbons (Fsp3) is 0.250. The number of methoxy groups -OCH3 is 1. The minimum Gasteiger partial charge on any atom is -0.495 e. The number of anilines is 1. The molecule has 0 atom stereocenters. The van der Waals surface area contributed by atoms with Crippen LogP contribution in [-0.4, -0.2) is 44.3 Å². The van der Waals surface area contributed by atoms with Crippen LogP contribution in [0.3, 0.4) is 0 Å². The van der Waals surface area contributed by atoms with Crippen molar-refractivity contribution in [2.75, 3.05) is 25.1 Å². The normalized spacial score (nSPS) is 13.7. The van der Waals surface area contributed by atoms with Gasteiger partial charge in [0, 0.05) is 49.7 Å². The molecule has 0 spiro atoms. The Morgan fingerprint density at radius 1 is 1.20 bits per heavy atom. The molecule has 2 aromatic heterocycles. The third kappa shape index (κ3) is 4.12. The van der Waals surface area contributed by atoms with Crippen LogP contribution in [0.25, 0.3) is 22.1 Å². The first-order valence-corrected chi connectivity index (χ1v) is 12.4. The van der Waals surface area contributed by atoms with Gasteiger partial charge in [0.1, 0.15) is 22.0 Å². The maximum Gasteiger partial charge on any atom is 0.300 e. The minimum atomic E-state index is -4.36. The Morgan fingerprint density at radius 3 is 2.60 bits per heavy atom. The van der Waals surface area contributed by atoms with Gasteiger partial charge in [-0.3, -0.25) is 9.48 Å². The third-order valence-electron chi connectivity index (χ3n) is 6.02. The van der Waals surface area contributed by atoms with E-state index in [9.17, 15) is 17.6 Å². The Hall–Kier alpha value is -3.86. The lowest BCUT2D eigenvalue weighted by Gasteiger charge is -2.33. The van der Waals surface area contributed by atoms with Crippen molar-refractivity contribution in [1.82, 2.24) is 14.5 Å². The lowest BCUT2D eigenvalue weighted by atomic mass is 10.1. The van der Waals surface area contributed by atoms with E-state index in [2.05, 4.69) is 5.10 Å². The smallest absolute Gasteiger partial charge is 0.300 e. The number of carbonyl (C=O) groups excluding carboxylic acids is 1. The van der Waals surface area contributed by atoms with E-state index in [-0.39, 0.29) is 27.4 Å². The Bertz CT molecular complexity index is 1570. The Balaban J connectivity index is 1.47. The predicted octanol–water partition coefficient (Wildman–Crippen LogP) is 3.62. The van der Waals surface area contributed by atoms with Crippen molar-refractivity contribution >= 4 is 32.6 Å². The zero-order valence-corrected chi connectivity index (χ0v) is 20.1. The molecule has 0 radical (unpaired) electrons. The molecule has 0 aliphatic carbocycles. The topological polar surface area (TPSA) is 107 Å². The van der Waals surface area contributed by atoms with Crippen LogP contribution in [0.4, 0.5) is 10.1 Å². The second-order valence-electron chi connectivity index (χ2n) is 8.39. The summed E-state index contributed by atoms with van der Waals surface area (Å²) in [5.74, 6) is -1.82. The summed E-state index contributed by atoms with van der Waals surface area (Å²) in [7, 11) is -1.26. The van der Waals surface area contributed by atoms with Crippen LogP contribution >= 0.6 is 0 Å². The van der Waals surface area contributed by atoms with Gasteiger partial charge in [0.25, 0.3) is 10.0 Å². The van der Waals surface area contributed by atoms with E-state index in [1.165, 1.54) is 31.4 Å². The fourth-order valence-corrected chi connectivity index (χ4v) is 5.27. The van der Waals surface area contributed by atoms with Gasteiger partial charge in [-0.25, -0.2) is 17.5 Å². The number of ether oxygens (including phenoxy) is 1. The first-order chi connectivity index (χ1) is 16.7. The quantitative estimate of drug-likeness (QED) is 0.433. The van der Waals surface area contributed by atoms with Crippen LogP contribution in [0.1, 0.15) is 22.7 Å². The molecule has 182 valence electrons. The number of rotatable bonds is 6. The van der Waals surface area contributed by atoms with Crippen LogP contribution in [-0.2, 0) is 17.1 Å². The molecule has 0 bridgehead atoms. The molecule has 1 amide bonds. The lowest BCUT2D eigenvalue weighted by Crippen LogP contribution is -2.36. The maximum atomic E-state index is 14.6. The van der Waals surface area contributed by atoms with Crippen molar-refractivity contribution in [3.8, 4) is 16.9 Å². The summed E-state index contributed by atoms with van der Waals surface area (Å²) in [6.45, 7) is 3.44. The highest BCUT2D eigenvalue weighted by atomic mass is 32.2. The van der Waals surface area contributed by atoms with Crippen molar-refractivity contribution in [3.05, 3.63) is 59.9 Å². The van der Waals surface area contributed by atoms with Gasteiger partial charge in [-0.05, 0) is 37.1 Å². The molecule has 1 saturated heterocycles. The Labute approximate surface area is 201 Å². The molecule has 0 saturated carbocycles. The number of benzene rings is 2. The van der Waals surface area contributed by atoms with E-state index in [0.29, 0.717) is 16.9 Å². The molecule has 3 heterocycles. The molecular formula is C24H23FN4O5S. The van der Waals surface area contributed by atoms with Gasteiger partial charge in [-0.2, -0.15) is 5.10 Å². The number of carbonyl (C=O) groups is 1. The summed E-state index contributed by atoms with van der Waals surface area (Å²) < 4.78 is 55.4. The van der Waals surface area contributed by atoms with Crippen LogP contribution in [0.5, 0.6) is 5.75 Å². The molecule has 11 heteroatoms. The highest BCUT2D eigenvalue weighted by Crippen LogP contribution is 2.32. The van der Waals surface area contributed by atoms with E-state index < -0.39 is 21.7 Å². The standard InChI is InChI=1S/C24H23FN4O5S/c1-14-18(13-28(2)26-14)15-5-6-20(33-3)23(9-15)35(31,32)27-24(30)22-12-17-19(25)10-16(11-21(17)34-22)29-7-4-8-29/h5-6,9-13H,4,7-8H2,1-3H3,(H,27,30). The molecular weight excluding hydrogens is 475 g/mol. The molecule has 1 aliphatic rings. The average molecular weight is 499 g/mol. The van der Waals surface area contributed by atoms with Gasteiger partial charge in [-0.15, -0.1) is 0 Å². The van der Waals surface area contributed by atoms with Gasteiger partial charge in [-0.1, -0.05) is 6.07 Å². The van der Waals surface area contributed by atoms with Gasteiger partial charge in [0.15, 0.2) is 5.76 Å². The first-order valence-electron chi connectivity index (χ1n) is 10.9. The highest BCUT2D eigenvalue weighted by Gasteiger charge is 2.27. The number of furan rings is 1. The van der Waals surface area contributed by atoms with Crippen LogP contribution < -0.4 is 14.4 Å². The maximum absolute atomic E-state index is 14.6. The number of nitrogens with zero attached hydrogens (tertiary/aromatic N) is 3. The lowest BCUT2D eigenvalue weighted by molar-refractivity contribution is 0.0956. The summed E-state index contributed by atoms with van der Waals surface area (Å²) in [5.41, 5.74) is 2.87. The molecule has 35 heavy (non-hydrogen) atoms. The molecule has 5 rings (SSSR count). The number of amides is 1. The SMILES string of the molecule is COc1ccc(-c2cn(C)nc2C)cc1S(=O)(=O)NC(=O)c1cc2c(F)cc(N3CCC3)cc2o1. The van der Waals surface area contributed by atoms with Crippen LogP contribution in [0, 0.1) is 12.7 Å². The van der Waals surface area contributed by atoms with Crippen molar-refractivity contribution in [3.63, 3.8) is 0 Å². The van der Waals surface area contributed by atoms with Crippen molar-refractivity contribution in [2.24, 2.45) is 7.05 Å². The fourth-order valence-electron chi connectivity index (χ4n) is 4.12. The monoisotopic (exact) mass is 498 g/mol. The second kappa shape index (κ2) is 8.42. The number of fused-ring (bicyclic) bond motifs is 1. The van der Waals surface area contributed by atoms with Crippen LogP contribution in [0.2, 0.25) is 0 Å². The van der Waals surface area contributed by atoms with Crippen molar-refractivity contribution < 1.29 is 26.8 Å². The predicted molar refractivity (Wildman–Crippen MR) is 128 cm³/mol. The molecule has 1 fully saturated rings. The second-order valence-corrected chi connectivity index (χ2v) is 10.0. The minimum absolute atomic E-state index is 0.0606. The van der Waals surface area contributed by atoms with E-state index in [1.54, 1.807) is 30.1 Å². The number of aromatic nitrogens is 2. The molecule has 4 aromatic rings. The summed E-state index contributed by atoms with van der Waals surface area (Å²) >= 11 is 0. The van der Waals surface area contributed by atoms with Crippen LogP contribution in [0.15, 0.2) is 51.9 Å². The number of aryl methyl sites for hydroxylation is 2. The number of halogens is 1. The summed E-state index contributed by atoms with van der Waals surface area (Å²) in [5, 5.41) is 4.38. The zero-order chi connectivity index (χ0) is 24.9. The zero-order valence-electron chi connectivity index (χ0n) is 19.3. The third-order valence-corrected chi connectivity index (χ3v) is 7.37. The van der Waals surface area contributed by atoms with Gasteiger partial charge in [0.05, 0.1) is 18.2 Å². The number of nitrogens with one attached hydrogen (secondary N) is 1. The van der Waals surface area contributed by atoms with E-state index >= 15 is 0 Å². The van der Waals surface area contributed by atoms with E-state index in [4.69, 9.17) is 9.15 Å². The van der Waals surface area contributed by atoms with E-state index in [1.807, 2.05) is 16.5 Å². The van der Waals surface area contributed by atoms with E-state index in [0.717, 1.165) is 25.1 Å². The summed E-state index contributed by atoms with van der Waals surface area (Å²) in [6, 6.07) is 8.85. The molecule has 0 unspecified atom stereocenters. The first kappa shape index (κ1) is 22.9. The summed E-state index contributed by atoms with van der Waals surface area (Å²) in [6.07, 6.45) is 2.79. The van der Waals surface area contributed by atoms with Gasteiger partial charge in [0.2, 0.25) is 0 Å². The number of sulfonamides is 1. The molecule has 1 aliphatic heterocycles. The highest BCUT2D eigenvalue weighted by molar-refractivity contribution is 7.90.